The third kappa shape index (κ3) is 9.20. The number of H-pyrrole nitrogens is 2. The fraction of sp³-hybridized carbons (Fsp3) is 0.463. The van der Waals surface area contributed by atoms with E-state index in [1.165, 1.54) is 14.2 Å². The van der Waals surface area contributed by atoms with E-state index in [4.69, 9.17) is 19.4 Å². The SMILES string of the molecule is CC[C@@H](c1nc2ccc(C#CC#Cc3ccc4nc([C@@H]5CCCN5C(=O)[C@@H](NC(=O)OC)C(C)C)[nH]c4c3)cc2[nH]1)N(CC)C(=O)[C@@H](NC(=O)OC)C(C)C. The fourth-order valence-corrected chi connectivity index (χ4v) is 6.90. The van der Waals surface area contributed by atoms with Gasteiger partial charge >= 0.3 is 12.2 Å². The number of hydrogen-bond acceptors (Lipinski definition) is 8. The van der Waals surface area contributed by atoms with Crippen LogP contribution in [-0.2, 0) is 19.1 Å². The monoisotopic (exact) mass is 750 g/mol. The molecule has 0 saturated carbocycles. The van der Waals surface area contributed by atoms with E-state index in [0.29, 0.717) is 31.2 Å². The standard InChI is InChI=1S/C41H50N8O6/c1-9-32(48(10-2)38(50)34(24(3)4)46-40(52)54-7)36-42-28-19-17-26(22-30(28)44-36)14-11-12-15-27-18-20-29-31(23-27)45-37(43-29)33-16-13-21-49(33)39(51)35(25(5)6)47-41(53)55-8/h17-20,22-25,32-35H,9-10,13,16,21H2,1-8H3,(H,42,44)(H,43,45)(H,46,52)(H,47,53)/t32-,33-,34-,35-/m0/s1. The third-order valence-corrected chi connectivity index (χ3v) is 9.81. The van der Waals surface area contributed by atoms with Gasteiger partial charge in [-0.25, -0.2) is 19.6 Å². The van der Waals surface area contributed by atoms with Gasteiger partial charge in [0, 0.05) is 24.2 Å². The Morgan fingerprint density at radius 1 is 0.855 bits per heavy atom. The Morgan fingerprint density at radius 2 is 1.42 bits per heavy atom. The molecule has 0 aliphatic carbocycles. The predicted octanol–water partition coefficient (Wildman–Crippen LogP) is 5.57. The molecule has 4 amide bonds. The maximum atomic E-state index is 13.6. The van der Waals surface area contributed by atoms with Crippen LogP contribution in [0.3, 0.4) is 0 Å². The number of nitrogens with one attached hydrogen (secondary N) is 4. The molecule has 1 fully saturated rings. The van der Waals surface area contributed by atoms with Crippen LogP contribution in [0.1, 0.15) is 95.7 Å². The van der Waals surface area contributed by atoms with Gasteiger partial charge in [0.1, 0.15) is 23.7 Å². The zero-order valence-electron chi connectivity index (χ0n) is 32.7. The van der Waals surface area contributed by atoms with E-state index in [1.54, 1.807) is 9.80 Å². The fourth-order valence-electron chi connectivity index (χ4n) is 6.90. The van der Waals surface area contributed by atoms with Crippen molar-refractivity contribution in [2.75, 3.05) is 27.3 Å². The van der Waals surface area contributed by atoms with E-state index in [-0.39, 0.29) is 35.7 Å². The van der Waals surface area contributed by atoms with Gasteiger partial charge in [0.15, 0.2) is 0 Å². The van der Waals surface area contributed by atoms with Crippen molar-refractivity contribution in [3.63, 3.8) is 0 Å². The minimum Gasteiger partial charge on any atom is -0.453 e. The molecule has 4 atom stereocenters. The first-order valence-corrected chi connectivity index (χ1v) is 18.7. The highest BCUT2D eigenvalue weighted by Gasteiger charge is 2.38. The second-order valence-corrected chi connectivity index (χ2v) is 14.2. The van der Waals surface area contributed by atoms with E-state index in [1.807, 2.05) is 77.9 Å². The largest absolute Gasteiger partial charge is 0.453 e. The number of carbonyl (C=O) groups excluding carboxylic acids is 4. The molecule has 2 aromatic heterocycles. The number of likely N-dealkylation sites (N-methyl/N-ethyl adjacent to an activating group) is 1. The van der Waals surface area contributed by atoms with Gasteiger partial charge in [-0.15, -0.1) is 0 Å². The van der Waals surface area contributed by atoms with E-state index in [2.05, 4.69) is 44.3 Å². The van der Waals surface area contributed by atoms with Crippen LogP contribution in [-0.4, -0.2) is 93.1 Å². The molecule has 5 rings (SSSR count). The molecular weight excluding hydrogens is 701 g/mol. The molecule has 1 aliphatic heterocycles. The van der Waals surface area contributed by atoms with Crippen molar-refractivity contribution in [2.24, 2.45) is 11.8 Å². The number of alkyl carbamates (subject to hydrolysis) is 2. The number of methoxy groups -OCH3 is 2. The number of carbonyl (C=O) groups is 4. The summed E-state index contributed by atoms with van der Waals surface area (Å²) in [5.41, 5.74) is 4.61. The summed E-state index contributed by atoms with van der Waals surface area (Å²) in [6.07, 6.45) is 0.912. The summed E-state index contributed by atoms with van der Waals surface area (Å²) in [7, 11) is 2.55. The lowest BCUT2D eigenvalue weighted by Crippen LogP contribution is -2.52. The number of hydrogen-bond donors (Lipinski definition) is 4. The van der Waals surface area contributed by atoms with E-state index < -0.39 is 24.3 Å². The lowest BCUT2D eigenvalue weighted by Gasteiger charge is -2.33. The smallest absolute Gasteiger partial charge is 0.407 e. The van der Waals surface area contributed by atoms with Crippen molar-refractivity contribution < 1.29 is 28.7 Å². The van der Waals surface area contributed by atoms with Gasteiger partial charge in [0.25, 0.3) is 0 Å². The highest BCUT2D eigenvalue weighted by Crippen LogP contribution is 2.33. The Bertz CT molecular complexity index is 2170. The molecule has 4 aromatic rings. The van der Waals surface area contributed by atoms with Crippen LogP contribution in [0.4, 0.5) is 9.59 Å². The average molecular weight is 751 g/mol. The summed E-state index contributed by atoms with van der Waals surface area (Å²) in [6, 6.07) is 9.35. The van der Waals surface area contributed by atoms with Gasteiger partial charge in [-0.3, -0.25) is 9.59 Å². The molecule has 0 radical (unpaired) electrons. The number of rotatable bonds is 11. The predicted molar refractivity (Wildman–Crippen MR) is 208 cm³/mol. The quantitative estimate of drug-likeness (QED) is 0.144. The summed E-state index contributed by atoms with van der Waals surface area (Å²) in [6.45, 7) is 12.4. The summed E-state index contributed by atoms with van der Waals surface area (Å²) < 4.78 is 9.50. The molecule has 0 spiro atoms. The van der Waals surface area contributed by atoms with Gasteiger partial charge in [-0.05, 0) is 86.3 Å². The van der Waals surface area contributed by atoms with Crippen LogP contribution in [0.2, 0.25) is 0 Å². The third-order valence-electron chi connectivity index (χ3n) is 9.81. The van der Waals surface area contributed by atoms with Gasteiger partial charge in [-0.1, -0.05) is 46.5 Å². The molecule has 290 valence electrons. The number of likely N-dealkylation sites (tertiary alicyclic amines) is 1. The molecule has 3 heterocycles. The highest BCUT2D eigenvalue weighted by atomic mass is 16.5. The van der Waals surface area contributed by atoms with E-state index >= 15 is 0 Å². The second kappa shape index (κ2) is 17.9. The molecule has 55 heavy (non-hydrogen) atoms. The molecule has 14 heteroatoms. The van der Waals surface area contributed by atoms with Crippen LogP contribution in [0, 0.1) is 35.5 Å². The zero-order valence-corrected chi connectivity index (χ0v) is 32.7. The van der Waals surface area contributed by atoms with Crippen molar-refractivity contribution in [3.05, 3.63) is 59.2 Å². The van der Waals surface area contributed by atoms with Crippen LogP contribution in [0.25, 0.3) is 22.1 Å². The van der Waals surface area contributed by atoms with Crippen LogP contribution >= 0.6 is 0 Å². The molecule has 0 bridgehead atoms. The Hall–Kier alpha value is -6.02. The van der Waals surface area contributed by atoms with Gasteiger partial charge < -0.3 is 39.9 Å². The van der Waals surface area contributed by atoms with Crippen molar-refractivity contribution in [3.8, 4) is 23.7 Å². The first kappa shape index (κ1) is 40.2. The maximum absolute atomic E-state index is 13.6. The van der Waals surface area contributed by atoms with Crippen molar-refractivity contribution >= 4 is 46.1 Å². The topological polar surface area (TPSA) is 175 Å². The van der Waals surface area contributed by atoms with Crippen molar-refractivity contribution in [2.45, 2.75) is 85.0 Å². The Kier molecular flexibility index (Phi) is 13.1. The first-order valence-electron chi connectivity index (χ1n) is 18.7. The number of nitrogens with zero attached hydrogens (tertiary/aromatic N) is 4. The summed E-state index contributed by atoms with van der Waals surface area (Å²) in [4.78, 5) is 71.0. The van der Waals surface area contributed by atoms with Crippen LogP contribution in [0.15, 0.2) is 36.4 Å². The number of amides is 4. The average Bonchev–Trinajstić information content (AvgIpc) is 3.93. The zero-order chi connectivity index (χ0) is 39.8. The van der Waals surface area contributed by atoms with Crippen LogP contribution < -0.4 is 10.6 Å². The molecule has 4 N–H and O–H groups in total. The lowest BCUT2D eigenvalue weighted by molar-refractivity contribution is -0.137. The molecular formula is C41H50N8O6. The van der Waals surface area contributed by atoms with Crippen LogP contribution in [0.5, 0.6) is 0 Å². The molecule has 0 unspecified atom stereocenters. The van der Waals surface area contributed by atoms with Crippen molar-refractivity contribution in [1.82, 2.24) is 40.4 Å². The lowest BCUT2D eigenvalue weighted by atomic mass is 10.0. The number of aromatic amines is 2. The first-order chi connectivity index (χ1) is 26.4. The Balaban J connectivity index is 1.30. The number of ether oxygens (including phenoxy) is 2. The van der Waals surface area contributed by atoms with E-state index in [0.717, 1.165) is 46.0 Å². The summed E-state index contributed by atoms with van der Waals surface area (Å²) >= 11 is 0. The minimum absolute atomic E-state index is 0.119. The summed E-state index contributed by atoms with van der Waals surface area (Å²) in [5.74, 6) is 12.8. The van der Waals surface area contributed by atoms with Gasteiger partial charge in [0.2, 0.25) is 11.8 Å². The van der Waals surface area contributed by atoms with E-state index in [9.17, 15) is 19.2 Å². The van der Waals surface area contributed by atoms with Crippen molar-refractivity contribution in [1.29, 1.82) is 0 Å². The summed E-state index contributed by atoms with van der Waals surface area (Å²) in [5, 5.41) is 5.36. The van der Waals surface area contributed by atoms with Gasteiger partial charge in [-0.2, -0.15) is 0 Å². The Labute approximate surface area is 321 Å². The number of fused-ring (bicyclic) bond motifs is 2. The molecule has 2 aromatic carbocycles. The number of aromatic nitrogens is 4. The number of benzene rings is 2. The number of imidazole rings is 2. The molecule has 14 nitrogen and oxygen atoms in total. The normalized spacial score (nSPS) is 15.5. The highest BCUT2D eigenvalue weighted by molar-refractivity contribution is 5.87. The Morgan fingerprint density at radius 3 is 1.96 bits per heavy atom. The molecule has 1 saturated heterocycles. The van der Waals surface area contributed by atoms with Gasteiger partial charge in [0.05, 0.1) is 48.4 Å². The minimum atomic E-state index is -0.741. The molecule has 1 aliphatic rings. The maximum Gasteiger partial charge on any atom is 0.407 e. The second-order valence-electron chi connectivity index (χ2n) is 14.2.